The largest absolute Gasteiger partial charge is 0.481 e. The minimum atomic E-state index is -0.615. The molecule has 0 aromatic heterocycles. The van der Waals surface area contributed by atoms with Crippen molar-refractivity contribution in [3.8, 4) is 0 Å². The number of hydrogen-bond donors (Lipinski definition) is 2. The molecule has 2 N–H and O–H groups in total. The summed E-state index contributed by atoms with van der Waals surface area (Å²) in [6, 6.07) is 0. The first-order valence-corrected chi connectivity index (χ1v) is 13.8. The Morgan fingerprint density at radius 2 is 1.65 bits per heavy atom. The van der Waals surface area contributed by atoms with Gasteiger partial charge in [-0.05, 0) is 98.2 Å². The van der Waals surface area contributed by atoms with Gasteiger partial charge in [-0.1, -0.05) is 46.8 Å². The number of carboxylic acids is 1. The third-order valence-corrected chi connectivity index (χ3v) is 13.1. The van der Waals surface area contributed by atoms with Gasteiger partial charge in [0.05, 0.1) is 11.5 Å². The molecule has 4 unspecified atom stereocenters. The zero-order chi connectivity index (χ0) is 25.1. The van der Waals surface area contributed by atoms with Crippen molar-refractivity contribution in [3.63, 3.8) is 0 Å². The van der Waals surface area contributed by atoms with Crippen LogP contribution in [0, 0.1) is 56.7 Å². The van der Waals surface area contributed by atoms with Crippen LogP contribution in [-0.4, -0.2) is 28.1 Å². The van der Waals surface area contributed by atoms with Crippen molar-refractivity contribution in [1.82, 2.24) is 0 Å². The molecule has 0 aromatic rings. The second-order valence-corrected chi connectivity index (χ2v) is 14.4. The quantitative estimate of drug-likeness (QED) is 0.467. The molecule has 4 heteroatoms. The van der Waals surface area contributed by atoms with Crippen LogP contribution in [0.3, 0.4) is 0 Å². The molecule has 5 aliphatic carbocycles. The van der Waals surface area contributed by atoms with E-state index in [4.69, 9.17) is 0 Å². The summed E-state index contributed by atoms with van der Waals surface area (Å²) in [5.41, 5.74) is -0.110. The van der Waals surface area contributed by atoms with Crippen LogP contribution in [0.4, 0.5) is 0 Å². The van der Waals surface area contributed by atoms with Crippen molar-refractivity contribution in [3.05, 3.63) is 12.2 Å². The number of fused-ring (bicyclic) bond motifs is 7. The van der Waals surface area contributed by atoms with Crippen LogP contribution in [0.25, 0.3) is 0 Å². The fourth-order valence-corrected chi connectivity index (χ4v) is 11.5. The molecule has 0 heterocycles. The summed E-state index contributed by atoms with van der Waals surface area (Å²) in [6.07, 6.45) is 7.24. The van der Waals surface area contributed by atoms with Crippen LogP contribution < -0.4 is 0 Å². The molecule has 0 amide bonds. The van der Waals surface area contributed by atoms with Gasteiger partial charge >= 0.3 is 5.97 Å². The van der Waals surface area contributed by atoms with Crippen LogP contribution in [0.5, 0.6) is 0 Å². The van der Waals surface area contributed by atoms with Gasteiger partial charge in [0.15, 0.2) is 0 Å². The Bertz CT molecular complexity index is 936. The third kappa shape index (κ3) is 2.70. The van der Waals surface area contributed by atoms with E-state index in [9.17, 15) is 19.8 Å². The van der Waals surface area contributed by atoms with Crippen molar-refractivity contribution < 1.29 is 19.8 Å². The lowest BCUT2D eigenvalue weighted by Crippen LogP contribution is -2.69. The average Bonchev–Trinajstić information content (AvgIpc) is 3.13. The number of rotatable bonds is 2. The van der Waals surface area contributed by atoms with Gasteiger partial charge in [-0.15, -0.1) is 0 Å². The monoisotopic (exact) mass is 470 g/mol. The highest BCUT2D eigenvalue weighted by Crippen LogP contribution is 2.77. The first kappa shape index (κ1) is 24.5. The number of hydrogen-bond acceptors (Lipinski definition) is 3. The molecule has 0 spiro atoms. The van der Waals surface area contributed by atoms with Crippen LogP contribution in [0.15, 0.2) is 12.2 Å². The van der Waals surface area contributed by atoms with Gasteiger partial charge in [0, 0.05) is 17.8 Å². The molecule has 0 bridgehead atoms. The second-order valence-electron chi connectivity index (χ2n) is 14.4. The third-order valence-electron chi connectivity index (χ3n) is 13.1. The van der Waals surface area contributed by atoms with Gasteiger partial charge < -0.3 is 10.2 Å². The van der Waals surface area contributed by atoms with Crippen molar-refractivity contribution in [2.24, 2.45) is 56.7 Å². The van der Waals surface area contributed by atoms with Crippen LogP contribution in [-0.2, 0) is 9.59 Å². The maximum atomic E-state index is 12.9. The van der Waals surface area contributed by atoms with Crippen LogP contribution >= 0.6 is 0 Å². The van der Waals surface area contributed by atoms with E-state index in [-0.39, 0.29) is 34.0 Å². The predicted octanol–water partition coefficient (Wildman–Crippen LogP) is 6.27. The number of carbonyl (C=O) groups is 2. The first-order valence-electron chi connectivity index (χ1n) is 13.8. The summed E-state index contributed by atoms with van der Waals surface area (Å²) < 4.78 is 0. The molecular formula is C30H46O4. The zero-order valence-electron chi connectivity index (χ0n) is 22.2. The van der Waals surface area contributed by atoms with Gasteiger partial charge in [0.1, 0.15) is 5.78 Å². The number of Topliss-reactive ketones (excluding diaryl/α,β-unsaturated/α-hetero) is 1. The van der Waals surface area contributed by atoms with E-state index >= 15 is 0 Å². The first-order chi connectivity index (χ1) is 15.7. The van der Waals surface area contributed by atoms with E-state index in [1.54, 1.807) is 0 Å². The van der Waals surface area contributed by atoms with Gasteiger partial charge in [0.25, 0.3) is 0 Å². The van der Waals surface area contributed by atoms with Crippen molar-refractivity contribution >= 4 is 11.8 Å². The molecular weight excluding hydrogens is 424 g/mol. The lowest BCUT2D eigenvalue weighted by atomic mass is 9.32. The molecule has 4 nitrogen and oxygen atoms in total. The summed E-state index contributed by atoms with van der Waals surface area (Å²) in [7, 11) is 0. The summed E-state index contributed by atoms with van der Waals surface area (Å²) in [6.45, 7) is 17.8. The van der Waals surface area contributed by atoms with Gasteiger partial charge in [-0.2, -0.15) is 0 Å². The van der Waals surface area contributed by atoms with E-state index in [0.29, 0.717) is 24.0 Å². The van der Waals surface area contributed by atoms with Gasteiger partial charge in [-0.3, -0.25) is 9.59 Å². The molecule has 10 atom stereocenters. The Kier molecular flexibility index (Phi) is 5.20. The zero-order valence-corrected chi connectivity index (χ0v) is 22.2. The number of allylic oxidation sites excluding steroid dienone is 1. The molecule has 0 saturated heterocycles. The molecule has 5 rings (SSSR count). The van der Waals surface area contributed by atoms with Crippen molar-refractivity contribution in [1.29, 1.82) is 0 Å². The molecule has 0 aliphatic heterocycles. The number of aliphatic hydroxyl groups is 1. The summed E-state index contributed by atoms with van der Waals surface area (Å²) in [5, 5.41) is 22.2. The Labute approximate surface area is 206 Å². The minimum absolute atomic E-state index is 0.00387. The van der Waals surface area contributed by atoms with Crippen LogP contribution in [0.2, 0.25) is 0 Å². The van der Waals surface area contributed by atoms with Crippen molar-refractivity contribution in [2.45, 2.75) is 105 Å². The highest BCUT2D eigenvalue weighted by molar-refractivity contribution is 5.85. The summed E-state index contributed by atoms with van der Waals surface area (Å²) in [5.74, 6) is 0.916. The number of aliphatic carboxylic acids is 1. The molecule has 0 aromatic carbocycles. The van der Waals surface area contributed by atoms with E-state index in [2.05, 4.69) is 48.1 Å². The Hall–Kier alpha value is -1.16. The smallest absolute Gasteiger partial charge is 0.309 e. The van der Waals surface area contributed by atoms with Crippen molar-refractivity contribution in [2.75, 3.05) is 0 Å². The number of aliphatic hydroxyl groups excluding tert-OH is 1. The lowest BCUT2D eigenvalue weighted by molar-refractivity contribution is -0.259. The number of carbonyl (C=O) groups excluding carboxylic acids is 1. The SMILES string of the molecule is C=C(C)[C@H]1CC[C@@]2(C(=O)O)CC[C@@]3(C)[C@@H](CCC4[C@]5(C)CCC(=O)C(C)(C)C5C(O)C[C@@]43C)C12. The Morgan fingerprint density at radius 3 is 2.26 bits per heavy atom. The summed E-state index contributed by atoms with van der Waals surface area (Å²) in [4.78, 5) is 25.7. The normalized spacial score (nSPS) is 53.8. The van der Waals surface area contributed by atoms with Gasteiger partial charge in [-0.25, -0.2) is 0 Å². The van der Waals surface area contributed by atoms with E-state index < -0.39 is 22.9 Å². The van der Waals surface area contributed by atoms with Gasteiger partial charge in [0.2, 0.25) is 0 Å². The fourth-order valence-electron chi connectivity index (χ4n) is 11.5. The molecule has 5 saturated carbocycles. The molecule has 34 heavy (non-hydrogen) atoms. The van der Waals surface area contributed by atoms with E-state index in [1.807, 2.05) is 0 Å². The maximum Gasteiger partial charge on any atom is 0.309 e. The standard InChI is InChI=1S/C30H46O4/c1-17(2)18-10-13-30(25(33)34)15-14-28(6)19(23(18)30)8-9-21-27(5)12-11-22(32)26(3,4)24(27)20(31)16-29(21,28)7/h18-21,23-24,31H,1,8-16H2,2-7H3,(H,33,34)/t18-,19+,20?,21?,23?,24?,27+,28+,29+,30-/m1/s1. The molecule has 5 aliphatic rings. The Balaban J connectivity index is 1.60. The van der Waals surface area contributed by atoms with E-state index in [0.717, 1.165) is 56.9 Å². The average molecular weight is 471 g/mol. The Morgan fingerprint density at radius 1 is 0.971 bits per heavy atom. The van der Waals surface area contributed by atoms with Crippen LogP contribution in [0.1, 0.15) is 99.3 Å². The van der Waals surface area contributed by atoms with E-state index in [1.165, 1.54) is 0 Å². The predicted molar refractivity (Wildman–Crippen MR) is 133 cm³/mol. The lowest BCUT2D eigenvalue weighted by Gasteiger charge is -2.72. The second kappa shape index (κ2) is 7.20. The maximum absolute atomic E-state index is 12.9. The molecule has 5 fully saturated rings. The molecule has 190 valence electrons. The highest BCUT2D eigenvalue weighted by atomic mass is 16.4. The fraction of sp³-hybridized carbons (Fsp3) is 0.867. The molecule has 0 radical (unpaired) electrons. The number of carboxylic acid groups (broad SMARTS) is 1. The highest BCUT2D eigenvalue weighted by Gasteiger charge is 2.73. The number of ketones is 1. The topological polar surface area (TPSA) is 74.6 Å². The summed E-state index contributed by atoms with van der Waals surface area (Å²) >= 11 is 0. The minimum Gasteiger partial charge on any atom is -0.481 e.